The molecule has 82 valence electrons. The number of fused-ring (bicyclic) bond motifs is 1. The molecule has 3 rings (SSSR count). The van der Waals surface area contributed by atoms with Gasteiger partial charge in [0.25, 0.3) is 0 Å². The van der Waals surface area contributed by atoms with Crippen LogP contribution in [0.5, 0.6) is 0 Å². The van der Waals surface area contributed by atoms with Crippen LogP contribution in [0.25, 0.3) is 10.8 Å². The Hall–Kier alpha value is -1.34. The fourth-order valence-electron chi connectivity index (χ4n) is 2.71. The van der Waals surface area contributed by atoms with Gasteiger partial charge in [-0.2, -0.15) is 0 Å². The number of aryl methyl sites for hydroxylation is 1. The van der Waals surface area contributed by atoms with E-state index in [-0.39, 0.29) is 5.54 Å². The normalized spacial score (nSPS) is 18.4. The largest absolute Gasteiger partial charge is 0.321 e. The van der Waals surface area contributed by atoms with Crippen LogP contribution in [-0.4, -0.2) is 0 Å². The summed E-state index contributed by atoms with van der Waals surface area (Å²) in [6.07, 6.45) is 3.51. The van der Waals surface area contributed by atoms with E-state index in [0.717, 1.165) is 12.8 Å². The molecule has 1 fully saturated rings. The highest BCUT2D eigenvalue weighted by Crippen LogP contribution is 2.42. The maximum atomic E-state index is 6.44. The summed E-state index contributed by atoms with van der Waals surface area (Å²) in [5.41, 5.74) is 9.05. The molecular weight excluding hydrogens is 194 g/mol. The molecule has 0 spiro atoms. The maximum Gasteiger partial charge on any atom is 0.0415 e. The Bertz CT molecular complexity index is 538. The summed E-state index contributed by atoms with van der Waals surface area (Å²) in [7, 11) is 0. The Morgan fingerprint density at radius 3 is 2.31 bits per heavy atom. The lowest BCUT2D eigenvalue weighted by molar-refractivity contribution is 0.256. The summed E-state index contributed by atoms with van der Waals surface area (Å²) in [5.74, 6) is 0. The van der Waals surface area contributed by atoms with Crippen molar-refractivity contribution in [1.82, 2.24) is 0 Å². The Kier molecular flexibility index (Phi) is 2.05. The van der Waals surface area contributed by atoms with Gasteiger partial charge in [0.2, 0.25) is 0 Å². The van der Waals surface area contributed by atoms with Gasteiger partial charge in [0, 0.05) is 5.54 Å². The van der Waals surface area contributed by atoms with E-state index in [1.54, 1.807) is 0 Å². The Morgan fingerprint density at radius 2 is 1.69 bits per heavy atom. The number of nitrogens with two attached hydrogens (primary N) is 1. The molecule has 0 bridgehead atoms. The minimum atomic E-state index is -0.0622. The maximum absolute atomic E-state index is 6.44. The van der Waals surface area contributed by atoms with Crippen molar-refractivity contribution in [3.05, 3.63) is 47.5 Å². The van der Waals surface area contributed by atoms with Gasteiger partial charge >= 0.3 is 0 Å². The van der Waals surface area contributed by atoms with Gasteiger partial charge in [-0.3, -0.25) is 0 Å². The van der Waals surface area contributed by atoms with Crippen LogP contribution in [-0.2, 0) is 5.54 Å². The molecule has 0 atom stereocenters. The topological polar surface area (TPSA) is 26.0 Å². The molecule has 0 unspecified atom stereocenters. The number of rotatable bonds is 1. The first-order chi connectivity index (χ1) is 7.71. The summed E-state index contributed by atoms with van der Waals surface area (Å²) >= 11 is 0. The van der Waals surface area contributed by atoms with E-state index in [9.17, 15) is 0 Å². The molecule has 0 aromatic heterocycles. The second kappa shape index (κ2) is 3.33. The monoisotopic (exact) mass is 211 g/mol. The van der Waals surface area contributed by atoms with Gasteiger partial charge in [-0.1, -0.05) is 36.4 Å². The van der Waals surface area contributed by atoms with E-state index in [1.165, 1.54) is 28.3 Å². The van der Waals surface area contributed by atoms with Gasteiger partial charge in [0.15, 0.2) is 0 Å². The summed E-state index contributed by atoms with van der Waals surface area (Å²) in [6, 6.07) is 13.0. The van der Waals surface area contributed by atoms with Crippen molar-refractivity contribution in [3.8, 4) is 0 Å². The zero-order chi connectivity index (χ0) is 11.2. The van der Waals surface area contributed by atoms with Crippen LogP contribution in [0.4, 0.5) is 0 Å². The Balaban J connectivity index is 2.30. The van der Waals surface area contributed by atoms with Crippen molar-refractivity contribution in [2.75, 3.05) is 0 Å². The summed E-state index contributed by atoms with van der Waals surface area (Å²) in [6.45, 7) is 2.16. The Morgan fingerprint density at radius 1 is 1.00 bits per heavy atom. The molecule has 2 aromatic rings. The number of hydrogen-bond donors (Lipinski definition) is 1. The van der Waals surface area contributed by atoms with Crippen molar-refractivity contribution in [3.63, 3.8) is 0 Å². The third-order valence-corrected chi connectivity index (χ3v) is 3.92. The van der Waals surface area contributed by atoms with Gasteiger partial charge in [0.1, 0.15) is 0 Å². The van der Waals surface area contributed by atoms with E-state index in [1.807, 2.05) is 0 Å². The van der Waals surface area contributed by atoms with Crippen LogP contribution in [0, 0.1) is 6.92 Å². The molecule has 2 N–H and O–H groups in total. The van der Waals surface area contributed by atoms with Crippen molar-refractivity contribution >= 4 is 10.8 Å². The smallest absolute Gasteiger partial charge is 0.0415 e. The minimum Gasteiger partial charge on any atom is -0.321 e. The fraction of sp³-hybridized carbons (Fsp3) is 0.333. The zero-order valence-corrected chi connectivity index (χ0v) is 9.66. The molecule has 0 saturated heterocycles. The average Bonchev–Trinajstić information content (AvgIpc) is 2.27. The second-order valence-electron chi connectivity index (χ2n) is 4.99. The molecule has 0 radical (unpaired) electrons. The molecule has 0 heterocycles. The standard InChI is InChI=1S/C15H17N/c1-11-7-8-14(15(16)9-4-10-15)13-6-3-2-5-12(11)13/h2-3,5-8H,4,9-10,16H2,1H3. The third-order valence-electron chi connectivity index (χ3n) is 3.92. The number of benzene rings is 2. The third kappa shape index (κ3) is 1.28. The lowest BCUT2D eigenvalue weighted by Gasteiger charge is -2.39. The highest BCUT2D eigenvalue weighted by Gasteiger charge is 2.35. The average molecular weight is 211 g/mol. The lowest BCUT2D eigenvalue weighted by atomic mass is 9.71. The molecule has 1 heteroatoms. The predicted octanol–water partition coefficient (Wildman–Crippen LogP) is 3.49. The first-order valence-corrected chi connectivity index (χ1v) is 5.98. The first-order valence-electron chi connectivity index (χ1n) is 5.98. The molecule has 2 aromatic carbocycles. The molecule has 0 aliphatic heterocycles. The van der Waals surface area contributed by atoms with Crippen molar-refractivity contribution in [2.45, 2.75) is 31.7 Å². The van der Waals surface area contributed by atoms with Crippen molar-refractivity contribution in [1.29, 1.82) is 0 Å². The van der Waals surface area contributed by atoms with E-state index in [0.29, 0.717) is 0 Å². The van der Waals surface area contributed by atoms with Crippen molar-refractivity contribution in [2.24, 2.45) is 5.73 Å². The molecule has 1 aliphatic rings. The lowest BCUT2D eigenvalue weighted by Crippen LogP contribution is -2.43. The van der Waals surface area contributed by atoms with Crippen LogP contribution in [0.3, 0.4) is 0 Å². The summed E-state index contributed by atoms with van der Waals surface area (Å²) in [4.78, 5) is 0. The predicted molar refractivity (Wildman–Crippen MR) is 68.4 cm³/mol. The van der Waals surface area contributed by atoms with E-state index in [2.05, 4.69) is 43.3 Å². The summed E-state index contributed by atoms with van der Waals surface area (Å²) < 4.78 is 0. The molecule has 1 saturated carbocycles. The Labute approximate surface area is 96.3 Å². The molecule has 1 aliphatic carbocycles. The highest BCUT2D eigenvalue weighted by molar-refractivity contribution is 5.89. The van der Waals surface area contributed by atoms with Crippen molar-refractivity contribution < 1.29 is 0 Å². The van der Waals surface area contributed by atoms with E-state index < -0.39 is 0 Å². The van der Waals surface area contributed by atoms with Gasteiger partial charge in [-0.05, 0) is 48.1 Å². The van der Waals surface area contributed by atoms with E-state index in [4.69, 9.17) is 5.73 Å². The van der Waals surface area contributed by atoms with Gasteiger partial charge in [-0.25, -0.2) is 0 Å². The first kappa shape index (κ1) is 9.86. The summed E-state index contributed by atoms with van der Waals surface area (Å²) in [5, 5.41) is 2.68. The SMILES string of the molecule is Cc1ccc(C2(N)CCC2)c2ccccc12. The minimum absolute atomic E-state index is 0.0622. The van der Waals surface area contributed by atoms with Crippen LogP contribution in [0.15, 0.2) is 36.4 Å². The molecule has 0 amide bonds. The van der Waals surface area contributed by atoms with Gasteiger partial charge in [-0.15, -0.1) is 0 Å². The van der Waals surface area contributed by atoms with Crippen LogP contribution < -0.4 is 5.73 Å². The van der Waals surface area contributed by atoms with Crippen LogP contribution in [0.2, 0.25) is 0 Å². The van der Waals surface area contributed by atoms with Gasteiger partial charge in [0.05, 0.1) is 0 Å². The zero-order valence-electron chi connectivity index (χ0n) is 9.66. The highest BCUT2D eigenvalue weighted by atomic mass is 14.8. The van der Waals surface area contributed by atoms with Crippen LogP contribution >= 0.6 is 0 Å². The molecule has 16 heavy (non-hydrogen) atoms. The van der Waals surface area contributed by atoms with Crippen LogP contribution in [0.1, 0.15) is 30.4 Å². The van der Waals surface area contributed by atoms with Gasteiger partial charge < -0.3 is 5.73 Å². The quantitative estimate of drug-likeness (QED) is 0.767. The fourth-order valence-corrected chi connectivity index (χ4v) is 2.71. The number of hydrogen-bond acceptors (Lipinski definition) is 1. The molecule has 1 nitrogen and oxygen atoms in total. The molecular formula is C15H17N. The second-order valence-corrected chi connectivity index (χ2v) is 4.99. The van der Waals surface area contributed by atoms with E-state index >= 15 is 0 Å².